The number of nitrogens with two attached hydrogens (primary N) is 1. The maximum Gasteiger partial charge on any atom is 0.122 e. The second kappa shape index (κ2) is 7.54. The van der Waals surface area contributed by atoms with Gasteiger partial charge in [-0.25, -0.2) is 0 Å². The van der Waals surface area contributed by atoms with Gasteiger partial charge in [0.05, 0.1) is 6.61 Å². The van der Waals surface area contributed by atoms with Crippen LogP contribution in [0.5, 0.6) is 5.75 Å². The van der Waals surface area contributed by atoms with Crippen LogP contribution in [-0.2, 0) is 11.2 Å². The number of hydrogen-bond donors (Lipinski definition) is 1. The first kappa shape index (κ1) is 14.3. The lowest BCUT2D eigenvalue weighted by atomic mass is 10.1. The van der Waals surface area contributed by atoms with Gasteiger partial charge >= 0.3 is 0 Å². The van der Waals surface area contributed by atoms with E-state index < -0.39 is 0 Å². The molecule has 2 N–H and O–H groups in total. The lowest BCUT2D eigenvalue weighted by molar-refractivity contribution is 0.110. The Hall–Kier alpha value is -0.770. The SMILES string of the molecule is CCOCCOc1ccc(Cl)cc1CC(C)N. The Bertz CT molecular complexity index is 342. The van der Waals surface area contributed by atoms with Gasteiger partial charge in [0.1, 0.15) is 12.4 Å². The Morgan fingerprint density at radius 1 is 1.35 bits per heavy atom. The molecule has 0 saturated carbocycles. The van der Waals surface area contributed by atoms with Gasteiger partial charge in [0.25, 0.3) is 0 Å². The van der Waals surface area contributed by atoms with Crippen molar-refractivity contribution < 1.29 is 9.47 Å². The summed E-state index contributed by atoms with van der Waals surface area (Å²) in [5.41, 5.74) is 6.84. The van der Waals surface area contributed by atoms with E-state index in [0.717, 1.165) is 17.7 Å². The summed E-state index contributed by atoms with van der Waals surface area (Å²) in [6, 6.07) is 5.69. The summed E-state index contributed by atoms with van der Waals surface area (Å²) < 4.78 is 10.9. The van der Waals surface area contributed by atoms with E-state index in [0.29, 0.717) is 24.8 Å². The van der Waals surface area contributed by atoms with Gasteiger partial charge in [0.15, 0.2) is 0 Å². The van der Waals surface area contributed by atoms with Crippen molar-refractivity contribution in [2.45, 2.75) is 26.3 Å². The molecule has 0 heterocycles. The van der Waals surface area contributed by atoms with Crippen LogP contribution >= 0.6 is 11.6 Å². The molecule has 17 heavy (non-hydrogen) atoms. The van der Waals surface area contributed by atoms with Gasteiger partial charge in [0, 0.05) is 17.7 Å². The lowest BCUT2D eigenvalue weighted by Gasteiger charge is -2.13. The minimum atomic E-state index is 0.0858. The fraction of sp³-hybridized carbons (Fsp3) is 0.538. The van der Waals surface area contributed by atoms with Gasteiger partial charge in [-0.05, 0) is 44.0 Å². The Morgan fingerprint density at radius 2 is 2.12 bits per heavy atom. The van der Waals surface area contributed by atoms with Crippen LogP contribution in [0.1, 0.15) is 19.4 Å². The molecular weight excluding hydrogens is 238 g/mol. The van der Waals surface area contributed by atoms with Crippen molar-refractivity contribution >= 4 is 11.6 Å². The summed E-state index contributed by atoms with van der Waals surface area (Å²) in [6.07, 6.45) is 0.754. The molecule has 1 aromatic rings. The Balaban J connectivity index is 2.62. The maximum absolute atomic E-state index is 5.96. The highest BCUT2D eigenvalue weighted by Crippen LogP contribution is 2.24. The van der Waals surface area contributed by atoms with Gasteiger partial charge in [-0.2, -0.15) is 0 Å². The highest BCUT2D eigenvalue weighted by molar-refractivity contribution is 6.30. The molecule has 4 heteroatoms. The molecule has 0 aromatic heterocycles. The summed E-state index contributed by atoms with van der Waals surface area (Å²) >= 11 is 5.96. The van der Waals surface area contributed by atoms with Crippen LogP contribution in [0.25, 0.3) is 0 Å². The molecule has 0 aliphatic carbocycles. The number of hydrogen-bond acceptors (Lipinski definition) is 3. The number of ether oxygens (including phenoxy) is 2. The van der Waals surface area contributed by atoms with E-state index in [2.05, 4.69) is 0 Å². The molecule has 0 saturated heterocycles. The van der Waals surface area contributed by atoms with Crippen LogP contribution in [0.4, 0.5) is 0 Å². The van der Waals surface area contributed by atoms with Crippen LogP contribution < -0.4 is 10.5 Å². The zero-order valence-corrected chi connectivity index (χ0v) is 11.2. The molecule has 1 atom stereocenters. The lowest BCUT2D eigenvalue weighted by Crippen LogP contribution is -2.18. The van der Waals surface area contributed by atoms with Crippen molar-refractivity contribution in [1.82, 2.24) is 0 Å². The molecule has 0 fully saturated rings. The third-order valence-electron chi connectivity index (χ3n) is 2.25. The molecule has 1 rings (SSSR count). The topological polar surface area (TPSA) is 44.5 Å². The van der Waals surface area contributed by atoms with Crippen molar-refractivity contribution in [3.63, 3.8) is 0 Å². The van der Waals surface area contributed by atoms with Crippen molar-refractivity contribution in [2.24, 2.45) is 5.73 Å². The van der Waals surface area contributed by atoms with Crippen molar-refractivity contribution in [2.75, 3.05) is 19.8 Å². The van der Waals surface area contributed by atoms with Crippen LogP contribution in [0.2, 0.25) is 5.02 Å². The molecule has 0 radical (unpaired) electrons. The second-order valence-electron chi connectivity index (χ2n) is 3.98. The van der Waals surface area contributed by atoms with Crippen LogP contribution in [0.3, 0.4) is 0 Å². The highest BCUT2D eigenvalue weighted by atomic mass is 35.5. The summed E-state index contributed by atoms with van der Waals surface area (Å²) in [4.78, 5) is 0. The van der Waals surface area contributed by atoms with Crippen molar-refractivity contribution in [1.29, 1.82) is 0 Å². The quantitative estimate of drug-likeness (QED) is 0.764. The minimum absolute atomic E-state index is 0.0858. The number of rotatable bonds is 7. The molecule has 1 aromatic carbocycles. The van der Waals surface area contributed by atoms with E-state index in [9.17, 15) is 0 Å². The van der Waals surface area contributed by atoms with Crippen LogP contribution in [0.15, 0.2) is 18.2 Å². The van der Waals surface area contributed by atoms with Gasteiger partial charge in [-0.15, -0.1) is 0 Å². The second-order valence-corrected chi connectivity index (χ2v) is 4.42. The average molecular weight is 258 g/mol. The molecule has 0 spiro atoms. The zero-order chi connectivity index (χ0) is 12.7. The smallest absolute Gasteiger partial charge is 0.122 e. The van der Waals surface area contributed by atoms with Crippen molar-refractivity contribution in [3.05, 3.63) is 28.8 Å². The summed E-state index contributed by atoms with van der Waals surface area (Å²) in [5, 5.41) is 0.706. The largest absolute Gasteiger partial charge is 0.491 e. The van der Waals surface area contributed by atoms with Gasteiger partial charge in [-0.3, -0.25) is 0 Å². The van der Waals surface area contributed by atoms with Crippen molar-refractivity contribution in [3.8, 4) is 5.75 Å². The molecule has 0 bridgehead atoms. The molecule has 96 valence electrons. The van der Waals surface area contributed by atoms with E-state index in [-0.39, 0.29) is 6.04 Å². The predicted molar refractivity (Wildman–Crippen MR) is 70.8 cm³/mol. The number of halogens is 1. The van der Waals surface area contributed by atoms with E-state index in [1.54, 1.807) is 0 Å². The third kappa shape index (κ3) is 5.39. The molecule has 0 amide bonds. The standard InChI is InChI=1S/C13H20ClNO2/c1-3-16-6-7-17-13-5-4-12(14)9-11(13)8-10(2)15/h4-5,9-10H,3,6-8,15H2,1-2H3. The number of benzene rings is 1. The first-order valence-electron chi connectivity index (χ1n) is 5.88. The van der Waals surface area contributed by atoms with E-state index in [1.165, 1.54) is 0 Å². The molecule has 3 nitrogen and oxygen atoms in total. The Labute approximate surface area is 108 Å². The van der Waals surface area contributed by atoms with Crippen LogP contribution in [-0.4, -0.2) is 25.9 Å². The summed E-state index contributed by atoms with van der Waals surface area (Å²) in [7, 11) is 0. The fourth-order valence-corrected chi connectivity index (χ4v) is 1.74. The fourth-order valence-electron chi connectivity index (χ4n) is 1.55. The highest BCUT2D eigenvalue weighted by Gasteiger charge is 2.07. The van der Waals surface area contributed by atoms with Crippen LogP contribution in [0, 0.1) is 0 Å². The molecule has 0 aliphatic rings. The van der Waals surface area contributed by atoms with Gasteiger partial charge < -0.3 is 15.2 Å². The van der Waals surface area contributed by atoms with E-state index >= 15 is 0 Å². The predicted octanol–water partition coefficient (Wildman–Crippen LogP) is 2.64. The zero-order valence-electron chi connectivity index (χ0n) is 10.4. The molecule has 1 unspecified atom stereocenters. The third-order valence-corrected chi connectivity index (χ3v) is 2.49. The van der Waals surface area contributed by atoms with E-state index in [1.807, 2.05) is 32.0 Å². The summed E-state index contributed by atoms with van der Waals surface area (Å²) in [5.74, 6) is 0.839. The normalized spacial score (nSPS) is 12.5. The van der Waals surface area contributed by atoms with Gasteiger partial charge in [-0.1, -0.05) is 11.6 Å². The Kier molecular flexibility index (Phi) is 6.34. The monoisotopic (exact) mass is 257 g/mol. The minimum Gasteiger partial charge on any atom is -0.491 e. The maximum atomic E-state index is 5.96. The first-order valence-corrected chi connectivity index (χ1v) is 6.25. The molecule has 0 aliphatic heterocycles. The first-order chi connectivity index (χ1) is 8.13. The van der Waals surface area contributed by atoms with E-state index in [4.69, 9.17) is 26.8 Å². The van der Waals surface area contributed by atoms with Gasteiger partial charge in [0.2, 0.25) is 0 Å². The molecular formula is C13H20ClNO2. The average Bonchev–Trinajstić information content (AvgIpc) is 2.26. The Morgan fingerprint density at radius 3 is 2.76 bits per heavy atom. The summed E-state index contributed by atoms with van der Waals surface area (Å²) in [6.45, 7) is 5.77.